The predicted octanol–water partition coefficient (Wildman–Crippen LogP) is 13.7. The summed E-state index contributed by atoms with van der Waals surface area (Å²) in [6, 6.07) is 69.5. The fourth-order valence-electron chi connectivity index (χ4n) is 8.94. The second-order valence-electron chi connectivity index (χ2n) is 13.9. The first kappa shape index (κ1) is 29.8. The Morgan fingerprint density at radius 2 is 1.02 bits per heavy atom. The Bertz CT molecular complexity index is 2990. The zero-order valence-corrected chi connectivity index (χ0v) is 28.8. The Balaban J connectivity index is 1.12. The number of benzene rings is 9. The average molecular weight is 677 g/mol. The molecule has 248 valence electrons. The van der Waals surface area contributed by atoms with Crippen LogP contribution in [0.15, 0.2) is 199 Å². The van der Waals surface area contributed by atoms with E-state index >= 15 is 0 Å². The van der Waals surface area contributed by atoms with Crippen molar-refractivity contribution in [3.63, 3.8) is 0 Å². The minimum atomic E-state index is -0.547. The van der Waals surface area contributed by atoms with Crippen molar-refractivity contribution in [3.8, 4) is 33.8 Å². The standard InChI is InChI=1S/C51H32O2/c1-3-15-35(16-4-1)51(36-17-5-2-6-18-36)44-23-11-12-24-46(44)52-48-32-34(27-31-45(48)51)37-29-30-41(40-21-10-9-20-39(37)40)42-22-13-25-47-49(42)43-28-26-33-14-7-8-19-38(33)50(43)53-47/h1-32H. The molecule has 0 aliphatic carbocycles. The van der Waals surface area contributed by atoms with E-state index < -0.39 is 5.41 Å². The van der Waals surface area contributed by atoms with Crippen molar-refractivity contribution in [2.75, 3.05) is 0 Å². The van der Waals surface area contributed by atoms with Gasteiger partial charge in [-0.1, -0.05) is 170 Å². The van der Waals surface area contributed by atoms with Gasteiger partial charge in [0.1, 0.15) is 22.7 Å². The molecule has 0 amide bonds. The maximum atomic E-state index is 6.84. The summed E-state index contributed by atoms with van der Waals surface area (Å²) in [5.74, 6) is 1.74. The van der Waals surface area contributed by atoms with Crippen molar-refractivity contribution in [2.45, 2.75) is 5.41 Å². The molecule has 1 aliphatic rings. The quantitative estimate of drug-likeness (QED) is 0.185. The summed E-state index contributed by atoms with van der Waals surface area (Å²) in [4.78, 5) is 0. The van der Waals surface area contributed by atoms with Crippen LogP contribution in [0.25, 0.3) is 65.7 Å². The fraction of sp³-hybridized carbons (Fsp3) is 0.0196. The van der Waals surface area contributed by atoms with Gasteiger partial charge in [0, 0.05) is 27.3 Å². The number of para-hydroxylation sites is 1. The Kier molecular flexibility index (Phi) is 6.50. The highest BCUT2D eigenvalue weighted by atomic mass is 16.5. The molecule has 0 fully saturated rings. The molecule has 0 N–H and O–H groups in total. The zero-order chi connectivity index (χ0) is 34.9. The predicted molar refractivity (Wildman–Crippen MR) is 218 cm³/mol. The van der Waals surface area contributed by atoms with Crippen LogP contribution >= 0.6 is 0 Å². The largest absolute Gasteiger partial charge is 0.457 e. The second-order valence-corrected chi connectivity index (χ2v) is 13.9. The number of rotatable bonds is 4. The highest BCUT2D eigenvalue weighted by Crippen LogP contribution is 2.56. The normalized spacial score (nSPS) is 13.2. The van der Waals surface area contributed by atoms with Crippen molar-refractivity contribution < 1.29 is 9.15 Å². The highest BCUT2D eigenvalue weighted by molar-refractivity contribution is 6.21. The maximum Gasteiger partial charge on any atom is 0.143 e. The van der Waals surface area contributed by atoms with E-state index in [2.05, 4.69) is 194 Å². The zero-order valence-electron chi connectivity index (χ0n) is 28.8. The van der Waals surface area contributed by atoms with Crippen LogP contribution in [0.2, 0.25) is 0 Å². The van der Waals surface area contributed by atoms with Crippen LogP contribution in [0.5, 0.6) is 11.5 Å². The van der Waals surface area contributed by atoms with E-state index in [1.807, 2.05) is 0 Å². The highest BCUT2D eigenvalue weighted by Gasteiger charge is 2.45. The first-order valence-corrected chi connectivity index (χ1v) is 18.2. The van der Waals surface area contributed by atoms with Gasteiger partial charge in [0.15, 0.2) is 0 Å². The van der Waals surface area contributed by atoms with Gasteiger partial charge in [0.05, 0.1) is 5.41 Å². The van der Waals surface area contributed by atoms with Gasteiger partial charge in [-0.3, -0.25) is 0 Å². The minimum Gasteiger partial charge on any atom is -0.457 e. The molecule has 10 aromatic rings. The smallest absolute Gasteiger partial charge is 0.143 e. The third-order valence-corrected chi connectivity index (χ3v) is 11.2. The van der Waals surface area contributed by atoms with E-state index in [1.54, 1.807) is 0 Å². The number of hydrogen-bond acceptors (Lipinski definition) is 2. The lowest BCUT2D eigenvalue weighted by molar-refractivity contribution is 0.435. The summed E-state index contributed by atoms with van der Waals surface area (Å²) in [5, 5.41) is 6.97. The molecule has 0 saturated carbocycles. The molecule has 0 spiro atoms. The molecule has 0 saturated heterocycles. The van der Waals surface area contributed by atoms with Gasteiger partial charge in [-0.25, -0.2) is 0 Å². The molecule has 0 radical (unpaired) electrons. The van der Waals surface area contributed by atoms with E-state index in [1.165, 1.54) is 38.4 Å². The molecule has 1 aliphatic heterocycles. The van der Waals surface area contributed by atoms with Gasteiger partial charge in [0.2, 0.25) is 0 Å². The van der Waals surface area contributed by atoms with Crippen LogP contribution in [-0.2, 0) is 5.41 Å². The molecular weight excluding hydrogens is 645 g/mol. The first-order valence-electron chi connectivity index (χ1n) is 18.2. The summed E-state index contributed by atoms with van der Waals surface area (Å²) in [6.45, 7) is 0. The Morgan fingerprint density at radius 3 is 1.81 bits per heavy atom. The van der Waals surface area contributed by atoms with E-state index in [-0.39, 0.29) is 0 Å². The van der Waals surface area contributed by atoms with E-state index in [0.29, 0.717) is 0 Å². The molecule has 0 atom stereocenters. The van der Waals surface area contributed by atoms with Crippen molar-refractivity contribution >= 4 is 43.5 Å². The molecule has 53 heavy (non-hydrogen) atoms. The first-order chi connectivity index (χ1) is 26.3. The van der Waals surface area contributed by atoms with Gasteiger partial charge < -0.3 is 9.15 Å². The summed E-state index contributed by atoms with van der Waals surface area (Å²) < 4.78 is 13.4. The third kappa shape index (κ3) is 4.33. The van der Waals surface area contributed by atoms with Crippen molar-refractivity contribution in [3.05, 3.63) is 216 Å². The molecular formula is C51H32O2. The SMILES string of the molecule is c1ccc(C2(c3ccccc3)c3ccccc3Oc3cc(-c4ccc(-c5cccc6oc7c8ccccc8ccc7c56)c5ccccc45)ccc32)cc1. The van der Waals surface area contributed by atoms with E-state index in [9.17, 15) is 0 Å². The van der Waals surface area contributed by atoms with E-state index in [0.717, 1.165) is 61.1 Å². The van der Waals surface area contributed by atoms with Crippen molar-refractivity contribution in [1.29, 1.82) is 0 Å². The molecule has 0 unspecified atom stereocenters. The number of fused-ring (bicyclic) bond motifs is 8. The lowest BCUT2D eigenvalue weighted by Crippen LogP contribution is -2.34. The number of ether oxygens (including phenoxy) is 1. The van der Waals surface area contributed by atoms with Crippen molar-refractivity contribution in [2.24, 2.45) is 0 Å². The topological polar surface area (TPSA) is 22.4 Å². The maximum absolute atomic E-state index is 6.84. The van der Waals surface area contributed by atoms with Gasteiger partial charge in [0.25, 0.3) is 0 Å². The van der Waals surface area contributed by atoms with Crippen LogP contribution in [-0.4, -0.2) is 0 Å². The van der Waals surface area contributed by atoms with Gasteiger partial charge >= 0.3 is 0 Å². The Morgan fingerprint density at radius 1 is 0.377 bits per heavy atom. The number of furan rings is 1. The van der Waals surface area contributed by atoms with Crippen LogP contribution in [0.1, 0.15) is 22.3 Å². The number of hydrogen-bond donors (Lipinski definition) is 0. The van der Waals surface area contributed by atoms with Gasteiger partial charge in [-0.05, 0) is 73.8 Å². The summed E-state index contributed by atoms with van der Waals surface area (Å²) in [5.41, 5.74) is 10.6. The molecule has 2 nitrogen and oxygen atoms in total. The molecule has 0 bridgehead atoms. The van der Waals surface area contributed by atoms with Gasteiger partial charge in [-0.15, -0.1) is 0 Å². The summed E-state index contributed by atoms with van der Waals surface area (Å²) in [7, 11) is 0. The molecule has 9 aromatic carbocycles. The molecule has 2 heterocycles. The molecule has 11 rings (SSSR count). The Labute approximate surface area is 307 Å². The fourth-order valence-corrected chi connectivity index (χ4v) is 8.94. The lowest BCUT2D eigenvalue weighted by Gasteiger charge is -2.41. The van der Waals surface area contributed by atoms with Crippen LogP contribution in [0, 0.1) is 0 Å². The third-order valence-electron chi connectivity index (χ3n) is 11.2. The van der Waals surface area contributed by atoms with Crippen LogP contribution < -0.4 is 4.74 Å². The summed E-state index contributed by atoms with van der Waals surface area (Å²) in [6.07, 6.45) is 0. The second kappa shape index (κ2) is 11.6. The lowest BCUT2D eigenvalue weighted by atomic mass is 9.63. The van der Waals surface area contributed by atoms with Crippen LogP contribution in [0.3, 0.4) is 0 Å². The van der Waals surface area contributed by atoms with E-state index in [4.69, 9.17) is 9.15 Å². The van der Waals surface area contributed by atoms with Gasteiger partial charge in [-0.2, -0.15) is 0 Å². The van der Waals surface area contributed by atoms with Crippen molar-refractivity contribution in [1.82, 2.24) is 0 Å². The monoisotopic (exact) mass is 676 g/mol. The summed E-state index contributed by atoms with van der Waals surface area (Å²) >= 11 is 0. The minimum absolute atomic E-state index is 0.547. The average Bonchev–Trinajstić information content (AvgIpc) is 3.63. The molecule has 2 heteroatoms. The van der Waals surface area contributed by atoms with Crippen LogP contribution in [0.4, 0.5) is 0 Å². The molecule has 1 aromatic heterocycles. The Hall–Kier alpha value is -6.90.